The Hall–Kier alpha value is -3.55. The molecule has 1 aromatic carbocycles. The third kappa shape index (κ3) is 4.16. The van der Waals surface area contributed by atoms with Gasteiger partial charge in [0.25, 0.3) is 5.91 Å². The first kappa shape index (κ1) is 18.8. The molecular formula is C21H23N7O. The minimum atomic E-state index is -0.645. The highest BCUT2D eigenvalue weighted by molar-refractivity contribution is 5.96. The van der Waals surface area contributed by atoms with E-state index in [1.807, 2.05) is 30.3 Å². The van der Waals surface area contributed by atoms with Gasteiger partial charge in [-0.1, -0.05) is 25.0 Å². The van der Waals surface area contributed by atoms with Gasteiger partial charge in [-0.25, -0.2) is 9.97 Å². The van der Waals surface area contributed by atoms with Crippen LogP contribution in [0.2, 0.25) is 0 Å². The number of amides is 1. The molecule has 0 spiro atoms. The summed E-state index contributed by atoms with van der Waals surface area (Å²) in [4.78, 5) is 29.2. The number of pyridine rings is 1. The van der Waals surface area contributed by atoms with Crippen molar-refractivity contribution in [3.63, 3.8) is 0 Å². The number of primary amides is 1. The lowest BCUT2D eigenvalue weighted by Gasteiger charge is -2.29. The fraction of sp³-hybridized carbons (Fsp3) is 0.286. The Bertz CT molecular complexity index is 1050. The quantitative estimate of drug-likeness (QED) is 0.557. The van der Waals surface area contributed by atoms with Gasteiger partial charge in [0.2, 0.25) is 0 Å². The van der Waals surface area contributed by atoms with Gasteiger partial charge in [0, 0.05) is 23.3 Å². The summed E-state index contributed by atoms with van der Waals surface area (Å²) in [5.41, 5.74) is 7.16. The van der Waals surface area contributed by atoms with Crippen molar-refractivity contribution in [2.24, 2.45) is 10.7 Å². The van der Waals surface area contributed by atoms with E-state index >= 15 is 0 Å². The average molecular weight is 389 g/mol. The van der Waals surface area contributed by atoms with Crippen molar-refractivity contribution in [1.82, 2.24) is 15.0 Å². The molecule has 0 radical (unpaired) electrons. The van der Waals surface area contributed by atoms with Crippen molar-refractivity contribution in [1.29, 1.82) is 0 Å². The number of aromatic nitrogens is 3. The van der Waals surface area contributed by atoms with Crippen LogP contribution in [0.25, 0.3) is 10.9 Å². The van der Waals surface area contributed by atoms with Crippen LogP contribution < -0.4 is 16.4 Å². The summed E-state index contributed by atoms with van der Waals surface area (Å²) >= 11 is 0. The number of nitrogens with zero attached hydrogens (tertiary/aromatic N) is 4. The molecule has 1 aliphatic carbocycles. The predicted octanol–water partition coefficient (Wildman–Crippen LogP) is 3.29. The van der Waals surface area contributed by atoms with Gasteiger partial charge >= 0.3 is 0 Å². The number of benzene rings is 1. The Balaban J connectivity index is 1.62. The first-order valence-electron chi connectivity index (χ1n) is 9.65. The van der Waals surface area contributed by atoms with Crippen LogP contribution in [0.4, 0.5) is 17.3 Å². The molecule has 1 saturated carbocycles. The number of carbonyl (C=O) groups excluding carboxylic acids is 1. The van der Waals surface area contributed by atoms with Crippen molar-refractivity contribution in [2.75, 3.05) is 10.6 Å². The zero-order valence-electron chi connectivity index (χ0n) is 16.0. The summed E-state index contributed by atoms with van der Waals surface area (Å²) in [6, 6.07) is 9.90. The number of hydrogen-bond donors (Lipinski definition) is 3. The number of nitrogens with one attached hydrogen (secondary N) is 2. The molecule has 0 aliphatic heterocycles. The van der Waals surface area contributed by atoms with E-state index in [-0.39, 0.29) is 17.8 Å². The highest BCUT2D eigenvalue weighted by Crippen LogP contribution is 2.26. The predicted molar refractivity (Wildman–Crippen MR) is 115 cm³/mol. The number of fused-ring (bicyclic) bond motifs is 1. The van der Waals surface area contributed by atoms with Crippen molar-refractivity contribution in [2.45, 2.75) is 37.8 Å². The number of rotatable bonds is 6. The van der Waals surface area contributed by atoms with E-state index in [1.54, 1.807) is 6.20 Å². The fourth-order valence-electron chi connectivity index (χ4n) is 3.70. The van der Waals surface area contributed by atoms with Crippen LogP contribution in [-0.2, 0) is 0 Å². The monoisotopic (exact) mass is 389 g/mol. The second kappa shape index (κ2) is 8.22. The van der Waals surface area contributed by atoms with E-state index in [2.05, 4.69) is 37.3 Å². The van der Waals surface area contributed by atoms with Crippen LogP contribution in [-0.4, -0.2) is 39.7 Å². The highest BCUT2D eigenvalue weighted by atomic mass is 16.1. The maximum atomic E-state index is 11.8. The molecule has 148 valence electrons. The average Bonchev–Trinajstić information content (AvgIpc) is 2.74. The number of nitrogens with two attached hydrogens (primary N) is 1. The smallest absolute Gasteiger partial charge is 0.271 e. The highest BCUT2D eigenvalue weighted by Gasteiger charge is 2.24. The van der Waals surface area contributed by atoms with Gasteiger partial charge in [-0.3, -0.25) is 14.8 Å². The fourth-order valence-corrected chi connectivity index (χ4v) is 3.70. The maximum Gasteiger partial charge on any atom is 0.271 e. The normalized spacial score (nSPS) is 18.9. The van der Waals surface area contributed by atoms with Crippen LogP contribution in [0.5, 0.6) is 0 Å². The van der Waals surface area contributed by atoms with E-state index in [9.17, 15) is 4.79 Å². The first-order chi connectivity index (χ1) is 14.1. The van der Waals surface area contributed by atoms with Gasteiger partial charge in [0.15, 0.2) is 11.5 Å². The van der Waals surface area contributed by atoms with E-state index in [0.717, 1.165) is 42.3 Å². The van der Waals surface area contributed by atoms with Crippen LogP contribution >= 0.6 is 0 Å². The van der Waals surface area contributed by atoms with Crippen molar-refractivity contribution in [3.8, 4) is 0 Å². The number of aliphatic imine (C=N–C) groups is 1. The molecule has 0 saturated heterocycles. The van der Waals surface area contributed by atoms with E-state index < -0.39 is 5.91 Å². The molecule has 3 aromatic rings. The molecule has 4 N–H and O–H groups in total. The molecular weight excluding hydrogens is 366 g/mol. The molecule has 0 unspecified atom stereocenters. The standard InChI is InChI=1S/C21H23N7O/c1-23-15-6-2-3-7-16(15)27-18-12-25-19(20(22)29)21(28-18)26-14-9-8-13-5-4-10-24-17(13)11-14/h4-5,8-12,15-16H,1-3,6-7H2,(H2,22,29)(H2,26,27,28)/t15-,16+/m0/s1. The molecule has 2 atom stereocenters. The zero-order chi connectivity index (χ0) is 20.2. The van der Waals surface area contributed by atoms with Gasteiger partial charge in [-0.15, -0.1) is 0 Å². The molecule has 29 heavy (non-hydrogen) atoms. The second-order valence-corrected chi connectivity index (χ2v) is 7.14. The van der Waals surface area contributed by atoms with Crippen LogP contribution in [0, 0.1) is 0 Å². The third-order valence-electron chi connectivity index (χ3n) is 5.17. The Morgan fingerprint density at radius 2 is 2.07 bits per heavy atom. The summed E-state index contributed by atoms with van der Waals surface area (Å²) in [5.74, 6) is 0.224. The second-order valence-electron chi connectivity index (χ2n) is 7.14. The molecule has 1 fully saturated rings. The Morgan fingerprint density at radius 1 is 1.21 bits per heavy atom. The minimum Gasteiger partial charge on any atom is -0.364 e. The third-order valence-corrected chi connectivity index (χ3v) is 5.17. The number of hydrogen-bond acceptors (Lipinski definition) is 7. The number of anilines is 3. The molecule has 2 aromatic heterocycles. The Labute approximate surface area is 168 Å². The topological polar surface area (TPSA) is 118 Å². The van der Waals surface area contributed by atoms with Gasteiger partial charge in [0.05, 0.1) is 17.8 Å². The van der Waals surface area contributed by atoms with Crippen molar-refractivity contribution >= 4 is 40.9 Å². The van der Waals surface area contributed by atoms with Crippen molar-refractivity contribution in [3.05, 3.63) is 48.4 Å². The lowest BCUT2D eigenvalue weighted by Crippen LogP contribution is -2.35. The van der Waals surface area contributed by atoms with Crippen LogP contribution in [0.1, 0.15) is 36.2 Å². The first-order valence-corrected chi connectivity index (χ1v) is 9.65. The lowest BCUT2D eigenvalue weighted by molar-refractivity contribution is 0.0996. The summed E-state index contributed by atoms with van der Waals surface area (Å²) in [7, 11) is 0. The maximum absolute atomic E-state index is 11.8. The molecule has 8 nitrogen and oxygen atoms in total. The molecule has 8 heteroatoms. The Morgan fingerprint density at radius 3 is 2.90 bits per heavy atom. The molecule has 0 bridgehead atoms. The van der Waals surface area contributed by atoms with E-state index in [0.29, 0.717) is 11.6 Å². The van der Waals surface area contributed by atoms with Gasteiger partial charge in [-0.05, 0) is 37.8 Å². The summed E-state index contributed by atoms with van der Waals surface area (Å²) in [6.45, 7) is 3.71. The van der Waals surface area contributed by atoms with Crippen molar-refractivity contribution < 1.29 is 4.79 Å². The SMILES string of the molecule is C=N[C@H]1CCCC[C@H]1Nc1cnc(C(N)=O)c(Nc2ccc3cccnc3c2)n1. The molecule has 1 aliphatic rings. The summed E-state index contributed by atoms with van der Waals surface area (Å²) < 4.78 is 0. The molecule has 4 rings (SSSR count). The zero-order valence-corrected chi connectivity index (χ0v) is 16.0. The van der Waals surface area contributed by atoms with Crippen LogP contribution in [0.3, 0.4) is 0 Å². The molecule has 1 amide bonds. The van der Waals surface area contributed by atoms with Gasteiger partial charge in [-0.2, -0.15) is 0 Å². The molecule has 2 heterocycles. The lowest BCUT2D eigenvalue weighted by atomic mass is 9.91. The minimum absolute atomic E-state index is 0.0821. The number of carbonyl (C=O) groups is 1. The summed E-state index contributed by atoms with van der Waals surface area (Å²) in [5, 5.41) is 7.57. The van der Waals surface area contributed by atoms with Crippen LogP contribution in [0.15, 0.2) is 47.7 Å². The van der Waals surface area contributed by atoms with E-state index in [4.69, 9.17) is 5.73 Å². The van der Waals surface area contributed by atoms with Gasteiger partial charge < -0.3 is 16.4 Å². The van der Waals surface area contributed by atoms with E-state index in [1.165, 1.54) is 6.20 Å². The Kier molecular flexibility index (Phi) is 5.33. The largest absolute Gasteiger partial charge is 0.364 e. The summed E-state index contributed by atoms with van der Waals surface area (Å²) in [6.07, 6.45) is 7.54. The van der Waals surface area contributed by atoms with Gasteiger partial charge in [0.1, 0.15) is 5.82 Å².